The summed E-state index contributed by atoms with van der Waals surface area (Å²) in [6.07, 6.45) is 0. The lowest BCUT2D eigenvalue weighted by atomic mass is 10.1. The average molecular weight is 436 g/mol. The number of methoxy groups -OCH3 is 2. The van der Waals surface area contributed by atoms with Gasteiger partial charge in [0.1, 0.15) is 28.6 Å². The largest absolute Gasteiger partial charge is 0.496 e. The van der Waals surface area contributed by atoms with Gasteiger partial charge in [0.25, 0.3) is 11.8 Å². The molecule has 0 saturated heterocycles. The first-order valence-electron chi connectivity index (χ1n) is 9.84. The van der Waals surface area contributed by atoms with Crippen LogP contribution in [0.1, 0.15) is 15.9 Å². The smallest absolute Gasteiger partial charge is 0.265 e. The van der Waals surface area contributed by atoms with Crippen LogP contribution in [0.15, 0.2) is 60.7 Å². The lowest BCUT2D eigenvalue weighted by molar-refractivity contribution is -0.121. The fourth-order valence-electron chi connectivity index (χ4n) is 3.52. The molecule has 164 valence electrons. The van der Waals surface area contributed by atoms with Crippen molar-refractivity contribution in [1.29, 1.82) is 0 Å². The van der Waals surface area contributed by atoms with E-state index in [2.05, 4.69) is 5.32 Å². The summed E-state index contributed by atoms with van der Waals surface area (Å²) in [6.45, 7) is -0.106. The summed E-state index contributed by atoms with van der Waals surface area (Å²) in [5.74, 6) is 0.0347. The third-order valence-corrected chi connectivity index (χ3v) is 5.10. The summed E-state index contributed by atoms with van der Waals surface area (Å²) in [7, 11) is 2.93. The molecular weight excluding hydrogens is 415 g/mol. The number of nitrogens with one attached hydrogen (secondary N) is 1. The fraction of sp³-hybridized carbons (Fsp3) is 0.167. The standard InChI is InChI=1S/C24H21FN2O5/c1-30-20-8-5-9-21(31-2)23(20)24(29)26-16-10-11-19-18(12-16)27(22(28)14-32-19)13-15-6-3-4-7-17(15)25/h3-12H,13-14H2,1-2H3,(H,26,29). The van der Waals surface area contributed by atoms with Crippen LogP contribution in [0.25, 0.3) is 0 Å². The van der Waals surface area contributed by atoms with Gasteiger partial charge in [-0.3, -0.25) is 9.59 Å². The Balaban J connectivity index is 1.65. The normalized spacial score (nSPS) is 12.6. The predicted octanol–water partition coefficient (Wildman–Crippen LogP) is 4.02. The number of fused-ring (bicyclic) bond motifs is 1. The molecule has 3 aromatic carbocycles. The van der Waals surface area contributed by atoms with Crippen LogP contribution in [0.2, 0.25) is 0 Å². The zero-order valence-corrected chi connectivity index (χ0v) is 17.6. The quantitative estimate of drug-likeness (QED) is 0.632. The second-order valence-electron chi connectivity index (χ2n) is 7.03. The van der Waals surface area contributed by atoms with Crippen LogP contribution < -0.4 is 24.4 Å². The van der Waals surface area contributed by atoms with Gasteiger partial charge in [-0.2, -0.15) is 0 Å². The van der Waals surface area contributed by atoms with E-state index in [1.54, 1.807) is 54.6 Å². The number of rotatable bonds is 6. The van der Waals surface area contributed by atoms with Crippen molar-refractivity contribution < 1.29 is 28.2 Å². The Labute approximate surface area is 184 Å². The molecule has 1 aliphatic rings. The first-order valence-corrected chi connectivity index (χ1v) is 9.84. The summed E-state index contributed by atoms with van der Waals surface area (Å²) in [6, 6.07) is 16.2. The van der Waals surface area contributed by atoms with Crippen LogP contribution in [-0.2, 0) is 11.3 Å². The number of hydrogen-bond acceptors (Lipinski definition) is 5. The number of nitrogens with zero attached hydrogens (tertiary/aromatic N) is 1. The summed E-state index contributed by atoms with van der Waals surface area (Å²) in [5, 5.41) is 2.80. The van der Waals surface area contributed by atoms with Gasteiger partial charge < -0.3 is 24.4 Å². The van der Waals surface area contributed by atoms with Gasteiger partial charge in [0.05, 0.1) is 26.5 Å². The third-order valence-electron chi connectivity index (χ3n) is 5.10. The van der Waals surface area contributed by atoms with Gasteiger partial charge in [0.2, 0.25) is 0 Å². The van der Waals surface area contributed by atoms with Crippen molar-refractivity contribution in [3.63, 3.8) is 0 Å². The van der Waals surface area contributed by atoms with Crippen LogP contribution in [-0.4, -0.2) is 32.6 Å². The topological polar surface area (TPSA) is 77.1 Å². The Bertz CT molecular complexity index is 1160. The number of ether oxygens (including phenoxy) is 3. The monoisotopic (exact) mass is 436 g/mol. The van der Waals surface area contributed by atoms with E-state index in [1.165, 1.54) is 25.2 Å². The highest BCUT2D eigenvalue weighted by Crippen LogP contribution is 2.36. The molecule has 8 heteroatoms. The molecule has 0 fully saturated rings. The lowest BCUT2D eigenvalue weighted by Crippen LogP contribution is -2.38. The molecule has 0 bridgehead atoms. The van der Waals surface area contributed by atoms with Crippen LogP contribution in [0.3, 0.4) is 0 Å². The van der Waals surface area contributed by atoms with Gasteiger partial charge in [-0.05, 0) is 36.4 Å². The van der Waals surface area contributed by atoms with E-state index in [-0.39, 0.29) is 24.6 Å². The summed E-state index contributed by atoms with van der Waals surface area (Å²) >= 11 is 0. The highest BCUT2D eigenvalue weighted by atomic mass is 19.1. The van der Waals surface area contributed by atoms with E-state index in [4.69, 9.17) is 14.2 Å². The number of amides is 2. The number of anilines is 2. The molecule has 7 nitrogen and oxygen atoms in total. The van der Waals surface area contributed by atoms with Crippen molar-refractivity contribution in [2.24, 2.45) is 0 Å². The molecule has 0 aliphatic carbocycles. The molecule has 0 spiro atoms. The maximum atomic E-state index is 14.2. The van der Waals surface area contributed by atoms with Crippen molar-refractivity contribution in [3.8, 4) is 17.2 Å². The SMILES string of the molecule is COc1cccc(OC)c1C(=O)Nc1ccc2c(c1)N(Cc1ccccc1F)C(=O)CO2. The first-order chi connectivity index (χ1) is 15.5. The molecule has 0 saturated carbocycles. The minimum absolute atomic E-state index is 0.0413. The van der Waals surface area contributed by atoms with Crippen LogP contribution >= 0.6 is 0 Å². The Morgan fingerprint density at radius 3 is 2.47 bits per heavy atom. The highest BCUT2D eigenvalue weighted by molar-refractivity contribution is 6.09. The molecule has 3 aromatic rings. The molecule has 1 aliphatic heterocycles. The van der Waals surface area contributed by atoms with E-state index in [0.29, 0.717) is 34.2 Å². The summed E-state index contributed by atoms with van der Waals surface area (Å²) in [5.41, 5.74) is 1.49. The van der Waals surface area contributed by atoms with E-state index in [0.717, 1.165) is 0 Å². The predicted molar refractivity (Wildman–Crippen MR) is 117 cm³/mol. The number of halogens is 1. The van der Waals surface area contributed by atoms with Gasteiger partial charge in [0.15, 0.2) is 6.61 Å². The zero-order chi connectivity index (χ0) is 22.7. The summed E-state index contributed by atoms with van der Waals surface area (Å²) in [4.78, 5) is 27.0. The Morgan fingerprint density at radius 2 is 1.78 bits per heavy atom. The maximum absolute atomic E-state index is 14.2. The molecule has 1 heterocycles. The van der Waals surface area contributed by atoms with Crippen molar-refractivity contribution in [3.05, 3.63) is 77.6 Å². The molecule has 0 aromatic heterocycles. The highest BCUT2D eigenvalue weighted by Gasteiger charge is 2.27. The number of carbonyl (C=O) groups is 2. The second kappa shape index (κ2) is 8.97. The third kappa shape index (κ3) is 4.07. The maximum Gasteiger partial charge on any atom is 0.265 e. The van der Waals surface area contributed by atoms with Gasteiger partial charge in [-0.15, -0.1) is 0 Å². The van der Waals surface area contributed by atoms with Gasteiger partial charge in [-0.25, -0.2) is 4.39 Å². The number of hydrogen-bond donors (Lipinski definition) is 1. The molecule has 0 unspecified atom stereocenters. The van der Waals surface area contributed by atoms with E-state index < -0.39 is 11.7 Å². The molecule has 0 atom stereocenters. The van der Waals surface area contributed by atoms with Gasteiger partial charge in [-0.1, -0.05) is 24.3 Å². The first kappa shape index (κ1) is 21.2. The van der Waals surface area contributed by atoms with Gasteiger partial charge >= 0.3 is 0 Å². The van der Waals surface area contributed by atoms with Crippen molar-refractivity contribution >= 4 is 23.2 Å². The molecule has 2 amide bonds. The molecule has 32 heavy (non-hydrogen) atoms. The Kier molecular flexibility index (Phi) is 5.93. The van der Waals surface area contributed by atoms with Crippen LogP contribution in [0, 0.1) is 5.82 Å². The lowest BCUT2D eigenvalue weighted by Gasteiger charge is -2.30. The molecule has 4 rings (SSSR count). The summed E-state index contributed by atoms with van der Waals surface area (Å²) < 4.78 is 30.3. The Morgan fingerprint density at radius 1 is 1.06 bits per heavy atom. The van der Waals surface area contributed by atoms with Crippen molar-refractivity contribution in [2.45, 2.75) is 6.54 Å². The van der Waals surface area contributed by atoms with E-state index in [1.807, 2.05) is 0 Å². The van der Waals surface area contributed by atoms with Crippen LogP contribution in [0.4, 0.5) is 15.8 Å². The van der Waals surface area contributed by atoms with Gasteiger partial charge in [0, 0.05) is 11.3 Å². The molecule has 0 radical (unpaired) electrons. The average Bonchev–Trinajstić information content (AvgIpc) is 2.81. The van der Waals surface area contributed by atoms with Crippen LogP contribution in [0.5, 0.6) is 17.2 Å². The minimum atomic E-state index is -0.442. The second-order valence-corrected chi connectivity index (χ2v) is 7.03. The Hall–Kier alpha value is -4.07. The zero-order valence-electron chi connectivity index (χ0n) is 17.6. The molecule has 1 N–H and O–H groups in total. The van der Waals surface area contributed by atoms with E-state index >= 15 is 0 Å². The van der Waals surface area contributed by atoms with Crippen molar-refractivity contribution in [1.82, 2.24) is 0 Å². The van der Waals surface area contributed by atoms with Crippen molar-refractivity contribution in [2.75, 3.05) is 31.0 Å². The van der Waals surface area contributed by atoms with E-state index in [9.17, 15) is 14.0 Å². The fourth-order valence-corrected chi connectivity index (χ4v) is 3.52. The number of benzene rings is 3. The number of carbonyl (C=O) groups excluding carboxylic acids is 2. The molecular formula is C24H21FN2O5. The minimum Gasteiger partial charge on any atom is -0.496 e.